The van der Waals surface area contributed by atoms with Crippen LogP contribution in [0.2, 0.25) is 0 Å². The van der Waals surface area contributed by atoms with Gasteiger partial charge in [0, 0.05) is 45.2 Å². The average Bonchev–Trinajstić information content (AvgIpc) is 3.59. The van der Waals surface area contributed by atoms with Crippen molar-refractivity contribution in [2.45, 2.75) is 5.41 Å². The van der Waals surface area contributed by atoms with Crippen LogP contribution in [0.15, 0.2) is 211 Å². The van der Waals surface area contributed by atoms with Gasteiger partial charge in [-0.15, -0.1) is 0 Å². The van der Waals surface area contributed by atoms with Crippen molar-refractivity contribution in [3.63, 3.8) is 0 Å². The Hall–Kier alpha value is -7.43. The summed E-state index contributed by atoms with van der Waals surface area (Å²) in [4.78, 5) is 15.6. The Kier molecular flexibility index (Phi) is 7.24. The standard InChI is InChI=1S/C54H35N3O/c1-2-16-35(17-3-1)51-55-52(37-31-32-39-36(33-37)30-29-34-15-4-5-18-38(34)39)57-53(56-51)44-22-7-6-19-40(44)43-23-14-27-48-50(43)58-49-28-13-12-26-47(49)54(48)45-24-10-8-20-41(45)42-21-9-11-25-46(42)54/h1-33,38-39H. The first-order valence-electron chi connectivity index (χ1n) is 19.9. The highest BCUT2D eigenvalue weighted by Gasteiger charge is 2.51. The van der Waals surface area contributed by atoms with Crippen LogP contribution in [0.1, 0.15) is 28.1 Å². The lowest BCUT2D eigenvalue weighted by Gasteiger charge is -2.40. The van der Waals surface area contributed by atoms with Gasteiger partial charge >= 0.3 is 0 Å². The predicted octanol–water partition coefficient (Wildman–Crippen LogP) is 12.5. The second-order valence-corrected chi connectivity index (χ2v) is 15.4. The summed E-state index contributed by atoms with van der Waals surface area (Å²) in [5.41, 5.74) is 14.1. The van der Waals surface area contributed by atoms with Gasteiger partial charge in [0.15, 0.2) is 17.5 Å². The van der Waals surface area contributed by atoms with Crippen LogP contribution in [0.25, 0.3) is 50.6 Å². The predicted molar refractivity (Wildman–Crippen MR) is 232 cm³/mol. The maximum atomic E-state index is 7.08. The third-order valence-electron chi connectivity index (χ3n) is 12.4. The van der Waals surface area contributed by atoms with E-state index in [9.17, 15) is 0 Å². The minimum Gasteiger partial charge on any atom is -0.456 e. The van der Waals surface area contributed by atoms with E-state index in [0.717, 1.165) is 50.5 Å². The summed E-state index contributed by atoms with van der Waals surface area (Å²) < 4.78 is 7.08. The van der Waals surface area contributed by atoms with Gasteiger partial charge in [-0.05, 0) is 51.1 Å². The van der Waals surface area contributed by atoms with Gasteiger partial charge < -0.3 is 4.74 Å². The van der Waals surface area contributed by atoms with Crippen molar-refractivity contribution in [2.24, 2.45) is 11.8 Å². The molecular weight excluding hydrogens is 707 g/mol. The molecule has 0 saturated heterocycles. The Bertz CT molecular complexity index is 3010. The first-order chi connectivity index (χ1) is 28.8. The first kappa shape index (κ1) is 32.8. The number of hydrogen-bond donors (Lipinski definition) is 0. The summed E-state index contributed by atoms with van der Waals surface area (Å²) in [7, 11) is 0. The number of nitrogens with zero attached hydrogens (tertiary/aromatic N) is 3. The summed E-state index contributed by atoms with van der Waals surface area (Å²) >= 11 is 0. The molecule has 12 rings (SSSR count). The number of benzene rings is 6. The molecule has 0 radical (unpaired) electrons. The smallest absolute Gasteiger partial charge is 0.164 e. The molecule has 2 atom stereocenters. The molecule has 7 aromatic rings. The van der Waals surface area contributed by atoms with Crippen LogP contribution < -0.4 is 4.74 Å². The Morgan fingerprint density at radius 2 is 1.03 bits per heavy atom. The van der Waals surface area contributed by atoms with E-state index in [1.165, 1.54) is 33.4 Å². The van der Waals surface area contributed by atoms with E-state index in [-0.39, 0.29) is 5.92 Å². The Balaban J connectivity index is 1.05. The highest BCUT2D eigenvalue weighted by atomic mass is 16.5. The molecule has 0 bridgehead atoms. The highest BCUT2D eigenvalue weighted by molar-refractivity contribution is 5.92. The molecule has 2 unspecified atom stereocenters. The van der Waals surface area contributed by atoms with Crippen molar-refractivity contribution in [3.8, 4) is 56.5 Å². The molecule has 0 amide bonds. The quantitative estimate of drug-likeness (QED) is 0.180. The Morgan fingerprint density at radius 3 is 1.84 bits per heavy atom. The number of fused-ring (bicyclic) bond motifs is 12. The zero-order valence-corrected chi connectivity index (χ0v) is 31.5. The number of para-hydroxylation sites is 2. The van der Waals surface area contributed by atoms with E-state index in [1.54, 1.807) is 0 Å². The fraction of sp³-hybridized carbons (Fsp3) is 0.0556. The van der Waals surface area contributed by atoms with Crippen LogP contribution in [0.4, 0.5) is 0 Å². The SMILES string of the molecule is C1=CC2=CC=C3C=C(c4nc(-c5ccccc5)nc(-c5ccccc5-c5cccc6c5Oc5ccccc5C65c6ccccc6-c6ccccc65)n4)C=CC3C2C=C1. The number of allylic oxidation sites excluding steroid dienone is 12. The molecule has 58 heavy (non-hydrogen) atoms. The van der Waals surface area contributed by atoms with Gasteiger partial charge in [-0.3, -0.25) is 0 Å². The topological polar surface area (TPSA) is 47.9 Å². The van der Waals surface area contributed by atoms with Crippen LogP contribution >= 0.6 is 0 Å². The molecule has 6 aromatic carbocycles. The third kappa shape index (κ3) is 4.78. The van der Waals surface area contributed by atoms with Gasteiger partial charge in [-0.2, -0.15) is 0 Å². The van der Waals surface area contributed by atoms with Crippen molar-refractivity contribution >= 4 is 5.57 Å². The molecule has 0 saturated carbocycles. The number of rotatable bonds is 4. The van der Waals surface area contributed by atoms with E-state index < -0.39 is 5.41 Å². The summed E-state index contributed by atoms with van der Waals surface area (Å²) in [6, 6.07) is 51.4. The van der Waals surface area contributed by atoms with Crippen LogP contribution in [0.5, 0.6) is 11.5 Å². The zero-order valence-electron chi connectivity index (χ0n) is 31.5. The van der Waals surface area contributed by atoms with Gasteiger partial charge in [-0.1, -0.05) is 188 Å². The fourth-order valence-electron chi connectivity index (χ4n) is 9.87. The van der Waals surface area contributed by atoms with Crippen molar-refractivity contribution in [1.82, 2.24) is 15.0 Å². The second kappa shape index (κ2) is 12.8. The molecule has 1 aliphatic heterocycles. The maximum absolute atomic E-state index is 7.08. The number of ether oxygens (including phenoxy) is 1. The van der Waals surface area contributed by atoms with Gasteiger partial charge in [-0.25, -0.2) is 15.0 Å². The first-order valence-corrected chi connectivity index (χ1v) is 19.9. The second-order valence-electron chi connectivity index (χ2n) is 15.4. The van der Waals surface area contributed by atoms with E-state index >= 15 is 0 Å². The molecule has 1 spiro atoms. The summed E-state index contributed by atoms with van der Waals surface area (Å²) in [6.07, 6.45) is 20.0. The van der Waals surface area contributed by atoms with Gasteiger partial charge in [0.1, 0.15) is 11.5 Å². The van der Waals surface area contributed by atoms with Gasteiger partial charge in [0.2, 0.25) is 0 Å². The minimum absolute atomic E-state index is 0.275. The van der Waals surface area contributed by atoms with E-state index in [1.807, 2.05) is 18.2 Å². The van der Waals surface area contributed by atoms with Crippen LogP contribution in [-0.4, -0.2) is 15.0 Å². The van der Waals surface area contributed by atoms with Crippen molar-refractivity contribution in [1.29, 1.82) is 0 Å². The molecule has 1 aromatic heterocycles. The summed E-state index contributed by atoms with van der Waals surface area (Å²) in [5.74, 6) is 4.18. The summed E-state index contributed by atoms with van der Waals surface area (Å²) in [6.45, 7) is 0. The van der Waals surface area contributed by atoms with E-state index in [0.29, 0.717) is 23.4 Å². The van der Waals surface area contributed by atoms with E-state index in [4.69, 9.17) is 19.7 Å². The lowest BCUT2D eigenvalue weighted by molar-refractivity contribution is 0.438. The number of aromatic nitrogens is 3. The molecular formula is C54H35N3O. The maximum Gasteiger partial charge on any atom is 0.164 e. The monoisotopic (exact) mass is 741 g/mol. The Morgan fingerprint density at radius 1 is 0.431 bits per heavy atom. The van der Waals surface area contributed by atoms with Crippen molar-refractivity contribution in [2.75, 3.05) is 0 Å². The minimum atomic E-state index is -0.561. The van der Waals surface area contributed by atoms with Crippen molar-refractivity contribution in [3.05, 3.63) is 240 Å². The van der Waals surface area contributed by atoms with Gasteiger partial charge in [0.05, 0.1) is 5.41 Å². The average molecular weight is 742 g/mol. The Labute approximate surface area is 337 Å². The molecule has 4 nitrogen and oxygen atoms in total. The summed E-state index contributed by atoms with van der Waals surface area (Å²) in [5, 5.41) is 0. The molecule has 272 valence electrons. The molecule has 5 aliphatic rings. The number of hydrogen-bond acceptors (Lipinski definition) is 4. The van der Waals surface area contributed by atoms with E-state index in [2.05, 4.69) is 182 Å². The third-order valence-corrected chi connectivity index (χ3v) is 12.4. The lowest BCUT2D eigenvalue weighted by atomic mass is 9.65. The molecule has 0 fully saturated rings. The zero-order chi connectivity index (χ0) is 38.2. The van der Waals surface area contributed by atoms with Crippen LogP contribution in [0, 0.1) is 11.8 Å². The molecule has 4 heteroatoms. The van der Waals surface area contributed by atoms with Crippen molar-refractivity contribution < 1.29 is 4.74 Å². The largest absolute Gasteiger partial charge is 0.456 e. The van der Waals surface area contributed by atoms with Crippen LogP contribution in [0.3, 0.4) is 0 Å². The van der Waals surface area contributed by atoms with Gasteiger partial charge in [0.25, 0.3) is 0 Å². The normalized spacial score (nSPS) is 18.4. The highest BCUT2D eigenvalue weighted by Crippen LogP contribution is 2.63. The molecule has 0 N–H and O–H groups in total. The molecule has 2 heterocycles. The van der Waals surface area contributed by atoms with Crippen LogP contribution in [-0.2, 0) is 5.41 Å². The molecule has 4 aliphatic carbocycles. The lowest BCUT2D eigenvalue weighted by Crippen LogP contribution is -2.32. The fourth-order valence-corrected chi connectivity index (χ4v) is 9.87.